The van der Waals surface area contributed by atoms with Crippen LogP contribution in [0.5, 0.6) is 11.5 Å². The number of anilines is 1. The van der Waals surface area contributed by atoms with Crippen molar-refractivity contribution in [2.75, 3.05) is 12.0 Å². The van der Waals surface area contributed by atoms with Crippen LogP contribution < -0.4 is 19.7 Å². The average Bonchev–Trinajstić information content (AvgIpc) is 2.86. The quantitative estimate of drug-likeness (QED) is 0.242. The van der Waals surface area contributed by atoms with Crippen LogP contribution in [0.4, 0.5) is 14.9 Å². The fourth-order valence-corrected chi connectivity index (χ4v) is 4.01. The molecular weight excluding hydrogens is 499 g/mol. The first kappa shape index (κ1) is 25.7. The molecule has 4 amide bonds. The summed E-state index contributed by atoms with van der Waals surface area (Å²) in [6.45, 7) is 3.73. The third-order valence-corrected chi connectivity index (χ3v) is 5.78. The Kier molecular flexibility index (Phi) is 7.69. The molecule has 1 N–H and O–H groups in total. The number of nitrogens with zero attached hydrogens (tertiary/aromatic N) is 1. The third-order valence-electron chi connectivity index (χ3n) is 5.55. The van der Waals surface area contributed by atoms with Gasteiger partial charge in [-0.3, -0.25) is 14.9 Å². The van der Waals surface area contributed by atoms with Crippen molar-refractivity contribution < 1.29 is 28.2 Å². The molecule has 1 saturated heterocycles. The van der Waals surface area contributed by atoms with Crippen LogP contribution in [0.15, 0.2) is 78.9 Å². The van der Waals surface area contributed by atoms with Crippen molar-refractivity contribution >= 4 is 41.2 Å². The molecule has 0 unspecified atom stereocenters. The van der Waals surface area contributed by atoms with E-state index in [1.807, 2.05) is 0 Å². The molecule has 0 saturated carbocycles. The molecule has 3 aromatic carbocycles. The lowest BCUT2D eigenvalue weighted by molar-refractivity contribution is -0.122. The zero-order chi connectivity index (χ0) is 26.5. The number of imide groups is 2. The van der Waals surface area contributed by atoms with Crippen molar-refractivity contribution in [2.45, 2.75) is 13.0 Å². The molecule has 37 heavy (non-hydrogen) atoms. The van der Waals surface area contributed by atoms with Crippen LogP contribution >= 0.6 is 11.6 Å². The number of urea groups is 1. The molecule has 188 valence electrons. The van der Waals surface area contributed by atoms with E-state index in [9.17, 15) is 18.8 Å². The largest absolute Gasteiger partial charge is 0.493 e. The van der Waals surface area contributed by atoms with Gasteiger partial charge in [-0.05, 0) is 54.5 Å². The number of hydrogen-bond acceptors (Lipinski definition) is 5. The topological polar surface area (TPSA) is 84.9 Å². The zero-order valence-electron chi connectivity index (χ0n) is 19.8. The number of amides is 4. The summed E-state index contributed by atoms with van der Waals surface area (Å²) in [5.41, 5.74) is 1.42. The highest BCUT2D eigenvalue weighted by molar-refractivity contribution is 6.39. The summed E-state index contributed by atoms with van der Waals surface area (Å²) >= 11 is 6.02. The Balaban J connectivity index is 1.71. The minimum absolute atomic E-state index is 0.0365. The summed E-state index contributed by atoms with van der Waals surface area (Å²) < 4.78 is 25.5. The Bertz CT molecular complexity index is 1440. The molecule has 1 heterocycles. The summed E-state index contributed by atoms with van der Waals surface area (Å²) in [6, 6.07) is 14.8. The number of ether oxygens (including phenoxy) is 2. The van der Waals surface area contributed by atoms with E-state index >= 15 is 0 Å². The molecule has 1 aliphatic heterocycles. The first-order valence-corrected chi connectivity index (χ1v) is 11.5. The van der Waals surface area contributed by atoms with Gasteiger partial charge < -0.3 is 9.47 Å². The molecular formula is C28H22ClFN2O5. The van der Waals surface area contributed by atoms with Crippen LogP contribution in [-0.4, -0.2) is 25.0 Å². The normalized spacial score (nSPS) is 14.5. The SMILES string of the molecule is C=CCc1cc(/C=C2\C(=O)NC(=O)N(c3cccc(Cl)c3)C2=O)cc(OC)c1OCc1ccccc1F. The molecule has 1 fully saturated rings. The van der Waals surface area contributed by atoms with E-state index in [0.29, 0.717) is 39.6 Å². The summed E-state index contributed by atoms with van der Waals surface area (Å²) in [6.07, 6.45) is 3.38. The van der Waals surface area contributed by atoms with Crippen molar-refractivity contribution in [1.29, 1.82) is 0 Å². The monoisotopic (exact) mass is 520 g/mol. The van der Waals surface area contributed by atoms with E-state index in [1.165, 1.54) is 31.4 Å². The molecule has 0 aliphatic carbocycles. The van der Waals surface area contributed by atoms with E-state index in [0.717, 1.165) is 4.90 Å². The van der Waals surface area contributed by atoms with Crippen LogP contribution in [-0.2, 0) is 22.6 Å². The third kappa shape index (κ3) is 5.54. The van der Waals surface area contributed by atoms with Crippen LogP contribution in [0.1, 0.15) is 16.7 Å². The van der Waals surface area contributed by atoms with E-state index in [-0.39, 0.29) is 17.9 Å². The van der Waals surface area contributed by atoms with Gasteiger partial charge in [0.1, 0.15) is 18.0 Å². The fraction of sp³-hybridized carbons (Fsp3) is 0.107. The Hall–Kier alpha value is -4.43. The molecule has 0 aromatic heterocycles. The standard InChI is InChI=1S/C28H22ClFN2O5/c1-3-7-18-12-17(14-24(36-2)25(18)37-16-19-8-4-5-11-23(19)30)13-22-26(33)31-28(35)32(27(22)34)21-10-6-9-20(29)15-21/h3-6,8-15H,1,7,16H2,2H3,(H,31,33,35)/b22-13+. The van der Waals surface area contributed by atoms with E-state index < -0.39 is 23.7 Å². The number of rotatable bonds is 8. The average molecular weight is 521 g/mol. The lowest BCUT2D eigenvalue weighted by Crippen LogP contribution is -2.54. The van der Waals surface area contributed by atoms with Gasteiger partial charge in [0, 0.05) is 16.1 Å². The molecule has 0 spiro atoms. The molecule has 3 aromatic rings. The van der Waals surface area contributed by atoms with E-state index in [1.54, 1.807) is 48.5 Å². The van der Waals surface area contributed by atoms with Gasteiger partial charge in [0.15, 0.2) is 11.5 Å². The van der Waals surface area contributed by atoms with Gasteiger partial charge in [0.05, 0.1) is 12.8 Å². The van der Waals surface area contributed by atoms with Gasteiger partial charge in [0.25, 0.3) is 11.8 Å². The number of hydrogen-bond donors (Lipinski definition) is 1. The number of barbiturate groups is 1. The zero-order valence-corrected chi connectivity index (χ0v) is 20.5. The fourth-order valence-electron chi connectivity index (χ4n) is 3.83. The highest BCUT2D eigenvalue weighted by atomic mass is 35.5. The first-order valence-electron chi connectivity index (χ1n) is 11.2. The molecule has 0 bridgehead atoms. The number of halogens is 2. The summed E-state index contributed by atoms with van der Waals surface area (Å²) in [4.78, 5) is 39.1. The Morgan fingerprint density at radius 2 is 1.84 bits per heavy atom. The lowest BCUT2D eigenvalue weighted by atomic mass is 10.0. The molecule has 9 heteroatoms. The number of nitrogens with one attached hydrogen (secondary N) is 1. The van der Waals surface area contributed by atoms with Crippen LogP contribution in [0, 0.1) is 5.82 Å². The summed E-state index contributed by atoms with van der Waals surface area (Å²) in [5, 5.41) is 2.50. The highest BCUT2D eigenvalue weighted by Crippen LogP contribution is 2.35. The maximum absolute atomic E-state index is 14.1. The van der Waals surface area contributed by atoms with Crippen LogP contribution in [0.2, 0.25) is 5.02 Å². The smallest absolute Gasteiger partial charge is 0.335 e. The number of carbonyl (C=O) groups excluding carboxylic acids is 3. The maximum Gasteiger partial charge on any atom is 0.335 e. The first-order chi connectivity index (χ1) is 17.8. The number of benzene rings is 3. The van der Waals surface area contributed by atoms with Crippen molar-refractivity contribution in [3.05, 3.63) is 106 Å². The molecule has 1 aliphatic rings. The van der Waals surface area contributed by atoms with E-state index in [2.05, 4.69) is 11.9 Å². The number of carbonyl (C=O) groups is 3. The maximum atomic E-state index is 14.1. The second kappa shape index (κ2) is 11.1. The Morgan fingerprint density at radius 1 is 1.05 bits per heavy atom. The van der Waals surface area contributed by atoms with E-state index in [4.69, 9.17) is 21.1 Å². The molecule has 4 rings (SSSR count). The van der Waals surface area contributed by atoms with Crippen molar-refractivity contribution in [2.24, 2.45) is 0 Å². The molecule has 0 radical (unpaired) electrons. The van der Waals surface area contributed by atoms with Crippen LogP contribution in [0.3, 0.4) is 0 Å². The van der Waals surface area contributed by atoms with Gasteiger partial charge in [-0.15, -0.1) is 6.58 Å². The van der Waals surface area contributed by atoms with Crippen molar-refractivity contribution in [3.63, 3.8) is 0 Å². The van der Waals surface area contributed by atoms with Gasteiger partial charge in [-0.2, -0.15) is 0 Å². The van der Waals surface area contributed by atoms with Gasteiger partial charge in [-0.25, -0.2) is 14.1 Å². The highest BCUT2D eigenvalue weighted by Gasteiger charge is 2.37. The summed E-state index contributed by atoms with van der Waals surface area (Å²) in [7, 11) is 1.44. The lowest BCUT2D eigenvalue weighted by Gasteiger charge is -2.26. The van der Waals surface area contributed by atoms with Gasteiger partial charge in [-0.1, -0.05) is 41.9 Å². The predicted molar refractivity (Wildman–Crippen MR) is 138 cm³/mol. The Labute approximate surface area is 217 Å². The molecule has 0 atom stereocenters. The van der Waals surface area contributed by atoms with Crippen LogP contribution in [0.25, 0.3) is 6.08 Å². The van der Waals surface area contributed by atoms with Crippen molar-refractivity contribution in [3.8, 4) is 11.5 Å². The van der Waals surface area contributed by atoms with Crippen molar-refractivity contribution in [1.82, 2.24) is 5.32 Å². The van der Waals surface area contributed by atoms with Gasteiger partial charge in [0.2, 0.25) is 0 Å². The second-order valence-electron chi connectivity index (χ2n) is 8.02. The minimum atomic E-state index is -0.878. The number of allylic oxidation sites excluding steroid dienone is 1. The second-order valence-corrected chi connectivity index (χ2v) is 8.46. The Morgan fingerprint density at radius 3 is 2.54 bits per heavy atom. The number of methoxy groups -OCH3 is 1. The molecule has 7 nitrogen and oxygen atoms in total. The minimum Gasteiger partial charge on any atom is -0.493 e. The predicted octanol–water partition coefficient (Wildman–Crippen LogP) is 5.46. The summed E-state index contributed by atoms with van der Waals surface area (Å²) in [5.74, 6) is -1.34. The van der Waals surface area contributed by atoms with Gasteiger partial charge >= 0.3 is 6.03 Å².